The van der Waals surface area contributed by atoms with Crippen molar-refractivity contribution >= 4 is 49.8 Å². The highest BCUT2D eigenvalue weighted by molar-refractivity contribution is 6.13. The smallest absolute Gasteiger partial charge is 0.137 e. The molecule has 0 saturated carbocycles. The van der Waals surface area contributed by atoms with E-state index in [0.29, 0.717) is 0 Å². The van der Waals surface area contributed by atoms with Gasteiger partial charge in [0.05, 0.1) is 11.1 Å². The summed E-state index contributed by atoms with van der Waals surface area (Å²) >= 11 is 0. The van der Waals surface area contributed by atoms with Crippen molar-refractivity contribution < 1.29 is 4.42 Å². The standard InChI is InChI=1S/C52H35NO/c1-3-13-36(14-4-1)40-18-9-19-41(33-40)42-20-10-21-45(34-42)53(49-24-12-26-51-52(49)47-22-7-8-25-50(47)54-51)44-31-29-37(30-32-44)43-28-27-39-17-11-23-46(48(39)35-43)38-15-5-2-6-16-38/h1-35H. The lowest BCUT2D eigenvalue weighted by atomic mass is 9.94. The number of para-hydroxylation sites is 1. The van der Waals surface area contributed by atoms with Crippen molar-refractivity contribution in [3.63, 3.8) is 0 Å². The summed E-state index contributed by atoms with van der Waals surface area (Å²) in [4.78, 5) is 2.37. The van der Waals surface area contributed by atoms with Crippen LogP contribution in [0.1, 0.15) is 0 Å². The van der Waals surface area contributed by atoms with Gasteiger partial charge in [0.25, 0.3) is 0 Å². The predicted molar refractivity (Wildman–Crippen MR) is 228 cm³/mol. The molecule has 0 bridgehead atoms. The molecule has 0 fully saturated rings. The van der Waals surface area contributed by atoms with Gasteiger partial charge in [-0.25, -0.2) is 0 Å². The van der Waals surface area contributed by atoms with E-state index in [-0.39, 0.29) is 0 Å². The Labute approximate surface area is 314 Å². The van der Waals surface area contributed by atoms with Crippen molar-refractivity contribution in [2.45, 2.75) is 0 Å². The lowest BCUT2D eigenvalue weighted by Crippen LogP contribution is -2.10. The van der Waals surface area contributed by atoms with Crippen molar-refractivity contribution in [2.75, 3.05) is 4.90 Å². The van der Waals surface area contributed by atoms with E-state index in [1.165, 1.54) is 49.7 Å². The first kappa shape index (κ1) is 31.6. The first-order chi connectivity index (χ1) is 26.8. The fourth-order valence-electron chi connectivity index (χ4n) is 7.83. The highest BCUT2D eigenvalue weighted by Gasteiger charge is 2.20. The molecule has 2 nitrogen and oxygen atoms in total. The molecule has 0 spiro atoms. The van der Waals surface area contributed by atoms with Gasteiger partial charge < -0.3 is 9.32 Å². The molecule has 0 N–H and O–H groups in total. The van der Waals surface area contributed by atoms with E-state index >= 15 is 0 Å². The van der Waals surface area contributed by atoms with Crippen LogP contribution in [0.2, 0.25) is 0 Å². The lowest BCUT2D eigenvalue weighted by molar-refractivity contribution is 0.669. The number of furan rings is 1. The third kappa shape index (κ3) is 5.71. The Morgan fingerprint density at radius 3 is 1.70 bits per heavy atom. The molecule has 254 valence electrons. The van der Waals surface area contributed by atoms with Crippen LogP contribution in [0.15, 0.2) is 217 Å². The number of benzene rings is 9. The van der Waals surface area contributed by atoms with Crippen LogP contribution in [0, 0.1) is 0 Å². The minimum absolute atomic E-state index is 0.868. The largest absolute Gasteiger partial charge is 0.456 e. The summed E-state index contributed by atoms with van der Waals surface area (Å²) in [5.41, 5.74) is 14.5. The Balaban J connectivity index is 1.10. The van der Waals surface area contributed by atoms with Gasteiger partial charge in [-0.15, -0.1) is 0 Å². The van der Waals surface area contributed by atoms with Gasteiger partial charge in [0.1, 0.15) is 11.2 Å². The summed E-state index contributed by atoms with van der Waals surface area (Å²) in [6.45, 7) is 0. The molecule has 0 saturated heterocycles. The van der Waals surface area contributed by atoms with Crippen LogP contribution in [-0.2, 0) is 0 Å². The van der Waals surface area contributed by atoms with Gasteiger partial charge in [0.2, 0.25) is 0 Å². The second-order valence-corrected chi connectivity index (χ2v) is 13.7. The fraction of sp³-hybridized carbons (Fsp3) is 0. The summed E-state index contributed by atoms with van der Waals surface area (Å²) < 4.78 is 6.39. The van der Waals surface area contributed by atoms with Gasteiger partial charge >= 0.3 is 0 Å². The molecule has 10 aromatic rings. The van der Waals surface area contributed by atoms with Crippen LogP contribution < -0.4 is 4.90 Å². The van der Waals surface area contributed by atoms with E-state index in [1.54, 1.807) is 0 Å². The molecule has 10 rings (SSSR count). The molecule has 9 aromatic carbocycles. The SMILES string of the molecule is c1ccc(-c2cccc(-c3cccc(N(c4ccc(-c5ccc6cccc(-c7ccccc7)c6c5)cc4)c4cccc5oc6ccccc6c45)c3)c2)cc1. The molecule has 1 aromatic heterocycles. The first-order valence-electron chi connectivity index (χ1n) is 18.4. The van der Waals surface area contributed by atoms with Gasteiger partial charge in [0.15, 0.2) is 0 Å². The van der Waals surface area contributed by atoms with E-state index in [1.807, 2.05) is 12.1 Å². The Kier molecular flexibility index (Phi) is 7.85. The number of nitrogens with zero attached hydrogens (tertiary/aromatic N) is 1. The number of hydrogen-bond acceptors (Lipinski definition) is 2. The third-order valence-corrected chi connectivity index (χ3v) is 10.5. The molecule has 54 heavy (non-hydrogen) atoms. The molecule has 0 radical (unpaired) electrons. The van der Waals surface area contributed by atoms with E-state index in [9.17, 15) is 0 Å². The first-order valence-corrected chi connectivity index (χ1v) is 18.4. The maximum atomic E-state index is 6.39. The quantitative estimate of drug-likeness (QED) is 0.166. The third-order valence-electron chi connectivity index (χ3n) is 10.5. The molecule has 0 aliphatic heterocycles. The van der Waals surface area contributed by atoms with Gasteiger partial charge in [0, 0.05) is 16.8 Å². The lowest BCUT2D eigenvalue weighted by Gasteiger charge is -2.27. The zero-order valence-corrected chi connectivity index (χ0v) is 29.6. The van der Waals surface area contributed by atoms with E-state index in [4.69, 9.17) is 4.42 Å². The number of anilines is 3. The Morgan fingerprint density at radius 1 is 0.315 bits per heavy atom. The maximum Gasteiger partial charge on any atom is 0.137 e. The number of fused-ring (bicyclic) bond motifs is 4. The molecule has 0 aliphatic carbocycles. The molecule has 1 heterocycles. The average molecular weight is 690 g/mol. The summed E-state index contributed by atoms with van der Waals surface area (Å²) in [5.74, 6) is 0. The second kappa shape index (κ2) is 13.4. The molecule has 0 aliphatic rings. The molecular weight excluding hydrogens is 655 g/mol. The second-order valence-electron chi connectivity index (χ2n) is 13.7. The van der Waals surface area contributed by atoms with Crippen LogP contribution in [0.4, 0.5) is 17.1 Å². The zero-order valence-electron chi connectivity index (χ0n) is 29.6. The van der Waals surface area contributed by atoms with Gasteiger partial charge in [-0.2, -0.15) is 0 Å². The molecular formula is C52H35NO. The maximum absolute atomic E-state index is 6.39. The Bertz CT molecular complexity index is 2920. The van der Waals surface area contributed by atoms with Gasteiger partial charge in [-0.1, -0.05) is 158 Å². The highest BCUT2D eigenvalue weighted by atomic mass is 16.3. The van der Waals surface area contributed by atoms with Crippen molar-refractivity contribution in [1.29, 1.82) is 0 Å². The van der Waals surface area contributed by atoms with Crippen molar-refractivity contribution in [1.82, 2.24) is 0 Å². The minimum atomic E-state index is 0.868. The predicted octanol–water partition coefficient (Wildman–Crippen LogP) is 14.9. The summed E-state index contributed by atoms with van der Waals surface area (Å²) in [7, 11) is 0. The van der Waals surface area contributed by atoms with E-state index in [0.717, 1.165) is 44.6 Å². The van der Waals surface area contributed by atoms with Crippen molar-refractivity contribution in [3.8, 4) is 44.5 Å². The van der Waals surface area contributed by atoms with Crippen LogP contribution in [0.3, 0.4) is 0 Å². The average Bonchev–Trinajstić information content (AvgIpc) is 3.64. The van der Waals surface area contributed by atoms with Gasteiger partial charge in [-0.3, -0.25) is 0 Å². The topological polar surface area (TPSA) is 16.4 Å². The monoisotopic (exact) mass is 689 g/mol. The summed E-state index contributed by atoms with van der Waals surface area (Å²) in [6, 6.07) is 75.9. The number of rotatable bonds is 7. The van der Waals surface area contributed by atoms with E-state index in [2.05, 4.69) is 205 Å². The highest BCUT2D eigenvalue weighted by Crippen LogP contribution is 2.44. The van der Waals surface area contributed by atoms with Crippen LogP contribution in [-0.4, -0.2) is 0 Å². The van der Waals surface area contributed by atoms with Crippen LogP contribution in [0.25, 0.3) is 77.2 Å². The van der Waals surface area contributed by atoms with Gasteiger partial charge in [-0.05, 0) is 110 Å². The fourth-order valence-corrected chi connectivity index (χ4v) is 7.83. The molecule has 0 unspecified atom stereocenters. The summed E-state index contributed by atoms with van der Waals surface area (Å²) in [5, 5.41) is 4.68. The minimum Gasteiger partial charge on any atom is -0.456 e. The van der Waals surface area contributed by atoms with Crippen LogP contribution >= 0.6 is 0 Å². The number of hydrogen-bond donors (Lipinski definition) is 0. The molecule has 2 heteroatoms. The van der Waals surface area contributed by atoms with Crippen molar-refractivity contribution in [3.05, 3.63) is 212 Å². The summed E-state index contributed by atoms with van der Waals surface area (Å²) in [6.07, 6.45) is 0. The van der Waals surface area contributed by atoms with Crippen LogP contribution in [0.5, 0.6) is 0 Å². The molecule has 0 amide bonds. The Morgan fingerprint density at radius 2 is 0.889 bits per heavy atom. The molecule has 0 atom stereocenters. The zero-order chi connectivity index (χ0) is 35.8. The Hall–Kier alpha value is -7.16. The normalized spacial score (nSPS) is 11.3. The van der Waals surface area contributed by atoms with E-state index < -0.39 is 0 Å². The van der Waals surface area contributed by atoms with Crippen molar-refractivity contribution in [2.24, 2.45) is 0 Å².